The molecule has 5 rings (SSSR count). The summed E-state index contributed by atoms with van der Waals surface area (Å²) in [6.07, 6.45) is 2.84. The molecule has 0 spiro atoms. The second kappa shape index (κ2) is 17.6. The maximum absolute atomic E-state index is 12.0. The molecule has 0 bridgehead atoms. The lowest BCUT2D eigenvalue weighted by Gasteiger charge is -2.37. The van der Waals surface area contributed by atoms with Gasteiger partial charge >= 0.3 is 6.09 Å². The molecular weight excluding hydrogens is 600 g/mol. The number of nitrogens with zero attached hydrogens (tertiary/aromatic N) is 1. The van der Waals surface area contributed by atoms with Crippen LogP contribution in [-0.4, -0.2) is 81.3 Å². The average molecular weight is 647 g/mol. The quantitative estimate of drug-likeness (QED) is 0.170. The predicted molar refractivity (Wildman–Crippen MR) is 177 cm³/mol. The number of carbonyl (C=O) groups is 2. The van der Waals surface area contributed by atoms with Gasteiger partial charge in [0.25, 0.3) is 0 Å². The van der Waals surface area contributed by atoms with E-state index in [1.165, 1.54) is 4.90 Å². The van der Waals surface area contributed by atoms with Crippen molar-refractivity contribution in [3.05, 3.63) is 89.5 Å². The molecule has 3 aromatic rings. The third-order valence-corrected chi connectivity index (χ3v) is 8.58. The zero-order chi connectivity index (χ0) is 32.8. The van der Waals surface area contributed by atoms with Crippen molar-refractivity contribution in [3.63, 3.8) is 0 Å². The summed E-state index contributed by atoms with van der Waals surface area (Å²) in [5, 5.41) is 12.7. The summed E-state index contributed by atoms with van der Waals surface area (Å²) in [4.78, 5) is 25.1. The van der Waals surface area contributed by atoms with Gasteiger partial charge in [-0.3, -0.25) is 4.79 Å². The number of rotatable bonds is 18. The van der Waals surface area contributed by atoms with E-state index in [-0.39, 0.29) is 23.8 Å². The molecule has 1 aliphatic carbocycles. The van der Waals surface area contributed by atoms with Crippen LogP contribution >= 0.6 is 0 Å². The Morgan fingerprint density at radius 3 is 2.34 bits per heavy atom. The van der Waals surface area contributed by atoms with Gasteiger partial charge in [-0.25, -0.2) is 4.79 Å². The van der Waals surface area contributed by atoms with Gasteiger partial charge in [0.05, 0.1) is 46.2 Å². The van der Waals surface area contributed by atoms with E-state index in [9.17, 15) is 14.7 Å². The van der Waals surface area contributed by atoms with Crippen molar-refractivity contribution in [2.45, 2.75) is 50.7 Å². The third-order valence-electron chi connectivity index (χ3n) is 8.58. The second-order valence-corrected chi connectivity index (χ2v) is 11.9. The van der Waals surface area contributed by atoms with E-state index in [4.69, 9.17) is 23.7 Å². The van der Waals surface area contributed by atoms with E-state index in [1.54, 1.807) is 7.11 Å². The average Bonchev–Trinajstić information content (AvgIpc) is 3.95. The van der Waals surface area contributed by atoms with Gasteiger partial charge in [0.2, 0.25) is 5.91 Å². The molecule has 2 N–H and O–H groups in total. The van der Waals surface area contributed by atoms with Crippen LogP contribution in [0.2, 0.25) is 0 Å². The summed E-state index contributed by atoms with van der Waals surface area (Å²) < 4.78 is 29.5. The molecule has 2 fully saturated rings. The van der Waals surface area contributed by atoms with Crippen LogP contribution in [0.1, 0.15) is 48.3 Å². The molecular formula is C37H46N2O8. The summed E-state index contributed by atoms with van der Waals surface area (Å²) in [6.45, 7) is 3.57. The minimum atomic E-state index is -0.938. The largest absolute Gasteiger partial charge is 0.496 e. The molecule has 3 aromatic carbocycles. The highest BCUT2D eigenvalue weighted by Crippen LogP contribution is 2.32. The zero-order valence-electron chi connectivity index (χ0n) is 27.1. The molecule has 2 aliphatic rings. The fourth-order valence-electron chi connectivity index (χ4n) is 5.82. The number of carboxylic acid groups (broad SMARTS) is 1. The standard InChI is InChI=1S/C37H46N2O8/c1-43-33-9-4-3-8-30(33)26-44-21-6-22-45-31-15-13-27(14-16-31)32-18-20-39(37(41)42)25-35(32)47-24-23-46-34-10-5-2-7-28(34)17-19-38-36(40)29-11-12-29/h2-5,7-10,13-16,29,32,35H,6,11-12,17-26H2,1H3,(H,38,40)(H,41,42). The molecule has 0 aromatic heterocycles. The monoisotopic (exact) mass is 646 g/mol. The van der Waals surface area contributed by atoms with Crippen LogP contribution in [0.3, 0.4) is 0 Å². The maximum atomic E-state index is 12.0. The van der Waals surface area contributed by atoms with Crippen molar-refractivity contribution in [2.24, 2.45) is 5.92 Å². The molecule has 1 aliphatic heterocycles. The Kier molecular flexibility index (Phi) is 12.7. The SMILES string of the molecule is COc1ccccc1COCCCOc1ccc(C2CCN(C(=O)O)CC2OCCOc2ccccc2CCNC(=O)C2CC2)cc1. The van der Waals surface area contributed by atoms with E-state index in [0.717, 1.165) is 53.2 Å². The van der Waals surface area contributed by atoms with Crippen LogP contribution in [0.4, 0.5) is 4.79 Å². The number of carbonyl (C=O) groups excluding carboxylic acids is 1. The highest BCUT2D eigenvalue weighted by Gasteiger charge is 2.33. The second-order valence-electron chi connectivity index (χ2n) is 11.9. The van der Waals surface area contributed by atoms with Crippen molar-refractivity contribution in [1.82, 2.24) is 10.2 Å². The number of para-hydroxylation sites is 2. The Labute approximate surface area is 276 Å². The van der Waals surface area contributed by atoms with Gasteiger partial charge in [0.1, 0.15) is 23.9 Å². The molecule has 0 radical (unpaired) electrons. The first-order valence-corrected chi connectivity index (χ1v) is 16.5. The van der Waals surface area contributed by atoms with E-state index >= 15 is 0 Å². The smallest absolute Gasteiger partial charge is 0.407 e. The topological polar surface area (TPSA) is 116 Å². The molecule has 2 atom stereocenters. The van der Waals surface area contributed by atoms with Crippen LogP contribution in [0, 0.1) is 5.92 Å². The zero-order valence-corrected chi connectivity index (χ0v) is 27.1. The number of piperidine rings is 1. The van der Waals surface area contributed by atoms with Crippen LogP contribution in [-0.2, 0) is 27.3 Å². The fraction of sp³-hybridized carbons (Fsp3) is 0.459. The number of ether oxygens (including phenoxy) is 5. The van der Waals surface area contributed by atoms with Gasteiger partial charge in [-0.05, 0) is 61.1 Å². The van der Waals surface area contributed by atoms with E-state index < -0.39 is 6.09 Å². The lowest BCUT2D eigenvalue weighted by Crippen LogP contribution is -2.46. The van der Waals surface area contributed by atoms with Crippen LogP contribution in [0.25, 0.3) is 0 Å². The minimum Gasteiger partial charge on any atom is -0.496 e. The van der Waals surface area contributed by atoms with Gasteiger partial charge < -0.3 is 39.0 Å². The molecule has 10 heteroatoms. The summed E-state index contributed by atoms with van der Waals surface area (Å²) in [6, 6.07) is 23.6. The number of nitrogens with one attached hydrogen (secondary N) is 1. The highest BCUT2D eigenvalue weighted by molar-refractivity contribution is 5.80. The van der Waals surface area contributed by atoms with Crippen molar-refractivity contribution in [3.8, 4) is 17.2 Å². The maximum Gasteiger partial charge on any atom is 0.407 e. The Hall–Kier alpha value is -4.28. The highest BCUT2D eigenvalue weighted by atomic mass is 16.5. The minimum absolute atomic E-state index is 0.0467. The first-order valence-electron chi connectivity index (χ1n) is 16.5. The van der Waals surface area contributed by atoms with E-state index in [0.29, 0.717) is 65.5 Å². The Bertz CT molecular complexity index is 1430. The summed E-state index contributed by atoms with van der Waals surface area (Å²) in [5.74, 6) is 2.74. The number of methoxy groups -OCH3 is 1. The molecule has 252 valence electrons. The predicted octanol–water partition coefficient (Wildman–Crippen LogP) is 5.68. The number of amides is 2. The normalized spacial score (nSPS) is 17.6. The fourth-order valence-corrected chi connectivity index (χ4v) is 5.82. The summed E-state index contributed by atoms with van der Waals surface area (Å²) in [7, 11) is 1.66. The first kappa shape index (κ1) is 34.1. The van der Waals surface area contributed by atoms with Crippen LogP contribution in [0.5, 0.6) is 17.2 Å². The van der Waals surface area contributed by atoms with Gasteiger partial charge in [-0.2, -0.15) is 0 Å². The number of benzene rings is 3. The molecule has 1 saturated carbocycles. The lowest BCUT2D eigenvalue weighted by atomic mass is 9.87. The first-order chi connectivity index (χ1) is 23.0. The van der Waals surface area contributed by atoms with Crippen molar-refractivity contribution in [1.29, 1.82) is 0 Å². The third kappa shape index (κ3) is 10.4. The van der Waals surface area contributed by atoms with Gasteiger partial charge in [0, 0.05) is 36.9 Å². The number of likely N-dealkylation sites (tertiary alicyclic amines) is 1. The van der Waals surface area contributed by atoms with Gasteiger partial charge in [-0.1, -0.05) is 48.5 Å². The van der Waals surface area contributed by atoms with Crippen molar-refractivity contribution in [2.75, 3.05) is 53.2 Å². The van der Waals surface area contributed by atoms with Crippen LogP contribution < -0.4 is 19.5 Å². The molecule has 1 heterocycles. The summed E-state index contributed by atoms with van der Waals surface area (Å²) in [5.41, 5.74) is 3.13. The van der Waals surface area contributed by atoms with Gasteiger partial charge in [-0.15, -0.1) is 0 Å². The molecule has 47 heavy (non-hydrogen) atoms. The lowest BCUT2D eigenvalue weighted by molar-refractivity contribution is -0.122. The van der Waals surface area contributed by atoms with Gasteiger partial charge in [0.15, 0.2) is 0 Å². The Morgan fingerprint density at radius 2 is 1.60 bits per heavy atom. The molecule has 10 nitrogen and oxygen atoms in total. The van der Waals surface area contributed by atoms with E-state index in [1.807, 2.05) is 72.8 Å². The molecule has 1 saturated heterocycles. The Balaban J connectivity index is 1.06. The van der Waals surface area contributed by atoms with Crippen molar-refractivity contribution < 1.29 is 38.4 Å². The van der Waals surface area contributed by atoms with E-state index in [2.05, 4.69) is 5.32 Å². The van der Waals surface area contributed by atoms with Crippen molar-refractivity contribution >= 4 is 12.0 Å². The molecule has 2 amide bonds. The number of hydrogen-bond acceptors (Lipinski definition) is 7. The van der Waals surface area contributed by atoms with Crippen LogP contribution in [0.15, 0.2) is 72.8 Å². The molecule has 2 unspecified atom stereocenters. The summed E-state index contributed by atoms with van der Waals surface area (Å²) >= 11 is 0. The number of hydrogen-bond donors (Lipinski definition) is 2. The Morgan fingerprint density at radius 1 is 0.851 bits per heavy atom.